The van der Waals surface area contributed by atoms with Gasteiger partial charge in [0, 0.05) is 18.0 Å². The molecule has 0 bridgehead atoms. The Hall–Kier alpha value is -3.54. The zero-order valence-electron chi connectivity index (χ0n) is 17.2. The fraction of sp³-hybridized carbons (Fsp3) is 0.250. The fourth-order valence-electron chi connectivity index (χ4n) is 3.55. The number of nitrogens with one attached hydrogen (secondary N) is 2. The van der Waals surface area contributed by atoms with Gasteiger partial charge in [-0.1, -0.05) is 36.4 Å². The van der Waals surface area contributed by atoms with Gasteiger partial charge in [-0.15, -0.1) is 0 Å². The molecule has 1 amide bonds. The fourth-order valence-corrected chi connectivity index (χ4v) is 3.55. The van der Waals surface area contributed by atoms with Gasteiger partial charge in [0.25, 0.3) is 0 Å². The Labute approximate surface area is 176 Å². The van der Waals surface area contributed by atoms with Gasteiger partial charge in [-0.2, -0.15) is 0 Å². The smallest absolute Gasteiger partial charge is 0.226 e. The first kappa shape index (κ1) is 19.8. The summed E-state index contributed by atoms with van der Waals surface area (Å²) in [6.07, 6.45) is 3.84. The maximum Gasteiger partial charge on any atom is 0.226 e. The highest BCUT2D eigenvalue weighted by Crippen LogP contribution is 2.20. The second-order valence-electron chi connectivity index (χ2n) is 7.49. The summed E-state index contributed by atoms with van der Waals surface area (Å²) in [5, 5.41) is 6.46. The quantitative estimate of drug-likeness (QED) is 0.665. The van der Waals surface area contributed by atoms with Gasteiger partial charge in [-0.05, 0) is 43.2 Å². The van der Waals surface area contributed by atoms with Crippen LogP contribution in [0.2, 0.25) is 0 Å². The molecule has 2 aromatic heterocycles. The van der Waals surface area contributed by atoms with E-state index in [1.54, 1.807) is 6.20 Å². The Balaban J connectivity index is 1.37. The highest BCUT2D eigenvalue weighted by Gasteiger charge is 2.20. The summed E-state index contributed by atoms with van der Waals surface area (Å²) >= 11 is 0. The normalized spacial score (nSPS) is 14.4. The molecule has 0 radical (unpaired) electrons. The van der Waals surface area contributed by atoms with Crippen molar-refractivity contribution in [2.24, 2.45) is 4.99 Å². The molecule has 0 saturated carbocycles. The van der Waals surface area contributed by atoms with E-state index in [1.807, 2.05) is 67.7 Å². The van der Waals surface area contributed by atoms with Crippen molar-refractivity contribution >= 4 is 11.7 Å². The number of rotatable bonds is 6. The molecule has 0 aliphatic carbocycles. The molecule has 2 atom stereocenters. The number of pyridine rings is 2. The maximum absolute atomic E-state index is 12.5. The Morgan fingerprint density at radius 2 is 1.83 bits per heavy atom. The minimum atomic E-state index is -0.0418. The summed E-state index contributed by atoms with van der Waals surface area (Å²) in [5.41, 5.74) is 4.86. The van der Waals surface area contributed by atoms with E-state index in [2.05, 4.69) is 32.5 Å². The van der Waals surface area contributed by atoms with Gasteiger partial charge in [0.05, 0.1) is 36.4 Å². The van der Waals surface area contributed by atoms with Crippen LogP contribution in [0, 0.1) is 0 Å². The van der Waals surface area contributed by atoms with E-state index in [1.165, 1.54) is 0 Å². The number of aliphatic imine (C=N–C) groups is 1. The molecule has 0 fully saturated rings. The molecule has 1 aliphatic rings. The molecule has 0 unspecified atom stereocenters. The Kier molecular flexibility index (Phi) is 5.84. The second-order valence-corrected chi connectivity index (χ2v) is 7.49. The van der Waals surface area contributed by atoms with Crippen LogP contribution in [-0.2, 0) is 17.8 Å². The molecule has 1 aromatic carbocycles. The summed E-state index contributed by atoms with van der Waals surface area (Å²) in [6.45, 7) is 4.63. The lowest BCUT2D eigenvalue weighted by Crippen LogP contribution is -2.29. The third-order valence-electron chi connectivity index (χ3n) is 5.21. The van der Waals surface area contributed by atoms with Crippen LogP contribution in [-0.4, -0.2) is 21.7 Å². The van der Waals surface area contributed by atoms with Crippen molar-refractivity contribution in [2.45, 2.75) is 38.9 Å². The molecule has 1 aliphatic heterocycles. The van der Waals surface area contributed by atoms with Crippen LogP contribution in [0.5, 0.6) is 0 Å². The van der Waals surface area contributed by atoms with Crippen LogP contribution in [0.15, 0.2) is 72.0 Å². The van der Waals surface area contributed by atoms with Crippen molar-refractivity contribution in [1.82, 2.24) is 20.6 Å². The first-order valence-electron chi connectivity index (χ1n) is 10.1. The number of benzene rings is 1. The summed E-state index contributed by atoms with van der Waals surface area (Å²) in [6, 6.07) is 17.8. The maximum atomic E-state index is 12.5. The van der Waals surface area contributed by atoms with Crippen LogP contribution in [0.1, 0.15) is 54.0 Å². The van der Waals surface area contributed by atoms with E-state index in [4.69, 9.17) is 0 Å². The first-order valence-corrected chi connectivity index (χ1v) is 10.1. The molecule has 3 heterocycles. The van der Waals surface area contributed by atoms with Crippen LogP contribution >= 0.6 is 0 Å². The second kappa shape index (κ2) is 8.86. The van der Waals surface area contributed by atoms with Gasteiger partial charge in [-0.25, -0.2) is 0 Å². The molecule has 30 heavy (non-hydrogen) atoms. The van der Waals surface area contributed by atoms with Crippen LogP contribution < -0.4 is 10.6 Å². The summed E-state index contributed by atoms with van der Waals surface area (Å²) in [5.74, 6) is 0.782. The number of carbonyl (C=O) groups is 1. The largest absolute Gasteiger partial charge is 0.362 e. The summed E-state index contributed by atoms with van der Waals surface area (Å²) in [7, 11) is 0. The molecular formula is C24H25N5O. The van der Waals surface area contributed by atoms with Gasteiger partial charge < -0.3 is 10.6 Å². The molecule has 0 spiro atoms. The lowest BCUT2D eigenvalue weighted by molar-refractivity contribution is -0.121. The number of fused-ring (bicyclic) bond motifs is 1. The van der Waals surface area contributed by atoms with Crippen LogP contribution in [0.25, 0.3) is 0 Å². The van der Waals surface area contributed by atoms with Crippen LogP contribution in [0.3, 0.4) is 0 Å². The zero-order chi connectivity index (χ0) is 20.9. The molecule has 2 N–H and O–H groups in total. The standard InChI is InChI=1S/C24H25N5O/c1-16(18-8-4-3-5-9-18)28-23(30)13-20-12-19-14-27-24(21(19)15-26-20)29-17(2)22-10-6-7-11-25-22/h3-12,15-17H,13-14H2,1-2H3,(H,27,29)(H,28,30)/t16-,17+/m1/s1. The molecular weight excluding hydrogens is 374 g/mol. The van der Waals surface area contributed by atoms with Crippen molar-refractivity contribution < 1.29 is 4.79 Å². The summed E-state index contributed by atoms with van der Waals surface area (Å²) < 4.78 is 0. The zero-order valence-corrected chi connectivity index (χ0v) is 17.2. The molecule has 3 aromatic rings. The van der Waals surface area contributed by atoms with Gasteiger partial charge in [0.15, 0.2) is 0 Å². The first-order chi connectivity index (χ1) is 14.6. The predicted octanol–water partition coefficient (Wildman–Crippen LogP) is 3.51. The minimum Gasteiger partial charge on any atom is -0.362 e. The van der Waals surface area contributed by atoms with Crippen molar-refractivity contribution in [3.05, 3.63) is 95.1 Å². The van der Waals surface area contributed by atoms with Gasteiger partial charge in [0.2, 0.25) is 5.91 Å². The SMILES string of the molecule is C[C@H](NC1=NCc2cc(CC(=O)N[C@H](C)c3ccccc3)ncc21)c1ccccn1. The summed E-state index contributed by atoms with van der Waals surface area (Å²) in [4.78, 5) is 26.0. The van der Waals surface area contributed by atoms with Crippen molar-refractivity contribution in [3.8, 4) is 0 Å². The topological polar surface area (TPSA) is 79.3 Å². The molecule has 6 heteroatoms. The third-order valence-corrected chi connectivity index (χ3v) is 5.21. The average molecular weight is 399 g/mol. The third kappa shape index (κ3) is 4.54. The number of nitrogens with zero attached hydrogens (tertiary/aromatic N) is 3. The van der Waals surface area contributed by atoms with E-state index >= 15 is 0 Å². The van der Waals surface area contributed by atoms with Crippen molar-refractivity contribution in [1.29, 1.82) is 0 Å². The monoisotopic (exact) mass is 399 g/mol. The highest BCUT2D eigenvalue weighted by atomic mass is 16.1. The van der Waals surface area contributed by atoms with Crippen molar-refractivity contribution in [3.63, 3.8) is 0 Å². The number of hydrogen-bond acceptors (Lipinski definition) is 5. The van der Waals surface area contributed by atoms with Gasteiger partial charge in [-0.3, -0.25) is 19.8 Å². The van der Waals surface area contributed by atoms with Gasteiger partial charge >= 0.3 is 0 Å². The molecule has 4 rings (SSSR count). The van der Waals surface area contributed by atoms with E-state index in [9.17, 15) is 4.79 Å². The number of aromatic nitrogens is 2. The van der Waals surface area contributed by atoms with E-state index < -0.39 is 0 Å². The Morgan fingerprint density at radius 3 is 2.60 bits per heavy atom. The number of amides is 1. The Morgan fingerprint density at radius 1 is 1.03 bits per heavy atom. The molecule has 0 saturated heterocycles. The number of amidine groups is 1. The Bertz CT molecular complexity index is 1050. The number of hydrogen-bond donors (Lipinski definition) is 2. The van der Waals surface area contributed by atoms with E-state index in [0.29, 0.717) is 6.54 Å². The lowest BCUT2D eigenvalue weighted by atomic mass is 10.1. The van der Waals surface area contributed by atoms with Gasteiger partial charge in [0.1, 0.15) is 5.84 Å². The van der Waals surface area contributed by atoms with Crippen LogP contribution in [0.4, 0.5) is 0 Å². The number of carbonyl (C=O) groups excluding carboxylic acids is 1. The predicted molar refractivity (Wildman–Crippen MR) is 117 cm³/mol. The minimum absolute atomic E-state index is 0.0413. The molecule has 152 valence electrons. The molecule has 6 nitrogen and oxygen atoms in total. The lowest BCUT2D eigenvalue weighted by Gasteiger charge is -2.15. The van der Waals surface area contributed by atoms with Crippen molar-refractivity contribution in [2.75, 3.05) is 0 Å². The average Bonchev–Trinajstić information content (AvgIpc) is 3.16. The van der Waals surface area contributed by atoms with E-state index in [-0.39, 0.29) is 24.4 Å². The van der Waals surface area contributed by atoms with E-state index in [0.717, 1.165) is 33.9 Å². The highest BCUT2D eigenvalue weighted by molar-refractivity contribution is 6.02.